The van der Waals surface area contributed by atoms with Crippen LogP contribution in [0.5, 0.6) is 0 Å². The Kier molecular flexibility index (Phi) is 3.88. The van der Waals surface area contributed by atoms with E-state index in [-0.39, 0.29) is 10.8 Å². The zero-order chi connectivity index (χ0) is 15.0. The quantitative estimate of drug-likeness (QED) is 0.877. The van der Waals surface area contributed by atoms with E-state index in [1.807, 2.05) is 0 Å². The third-order valence-electron chi connectivity index (χ3n) is 2.95. The van der Waals surface area contributed by atoms with Crippen LogP contribution in [0.15, 0.2) is 23.1 Å². The number of aryl methyl sites for hydroxylation is 1. The summed E-state index contributed by atoms with van der Waals surface area (Å²) in [5, 5.41) is 2.80. The van der Waals surface area contributed by atoms with Crippen molar-refractivity contribution in [2.24, 2.45) is 0 Å². The van der Waals surface area contributed by atoms with Crippen LogP contribution in [0.25, 0.3) is 0 Å². The van der Waals surface area contributed by atoms with E-state index >= 15 is 0 Å². The summed E-state index contributed by atoms with van der Waals surface area (Å²) in [6.45, 7) is 5.40. The first-order chi connectivity index (χ1) is 9.17. The van der Waals surface area contributed by atoms with Gasteiger partial charge in [-0.1, -0.05) is 0 Å². The molecular weight excluding hydrogens is 276 g/mol. The van der Waals surface area contributed by atoms with E-state index in [1.54, 1.807) is 32.9 Å². The van der Waals surface area contributed by atoms with Gasteiger partial charge in [-0.3, -0.25) is 4.79 Å². The maximum Gasteiger partial charge on any atom is 0.241 e. The van der Waals surface area contributed by atoms with Gasteiger partial charge in [0, 0.05) is 17.6 Å². The molecule has 0 bridgehead atoms. The standard InChI is InChI=1S/C14H20N2O3S/c1-14(2,3)16-20(18,19)11-7-8-12-10(9-11)5-4-6-13(17)15-12/h7-9,16H,4-6H2,1-3H3,(H,15,17). The molecule has 0 radical (unpaired) electrons. The van der Waals surface area contributed by atoms with Crippen LogP contribution in [0.4, 0.5) is 5.69 Å². The summed E-state index contributed by atoms with van der Waals surface area (Å²) in [4.78, 5) is 11.7. The predicted octanol–water partition coefficient (Wildman–Crippen LogP) is 2.04. The second-order valence-corrected chi connectivity index (χ2v) is 7.76. The molecule has 20 heavy (non-hydrogen) atoms. The van der Waals surface area contributed by atoms with E-state index < -0.39 is 15.6 Å². The van der Waals surface area contributed by atoms with Gasteiger partial charge < -0.3 is 5.32 Å². The molecule has 1 aliphatic heterocycles. The number of fused-ring (bicyclic) bond motifs is 1. The second-order valence-electron chi connectivity index (χ2n) is 6.08. The minimum absolute atomic E-state index is 0.0211. The molecule has 5 nitrogen and oxygen atoms in total. The molecule has 0 spiro atoms. The highest BCUT2D eigenvalue weighted by atomic mass is 32.2. The van der Waals surface area contributed by atoms with Crippen LogP contribution in [-0.2, 0) is 21.2 Å². The van der Waals surface area contributed by atoms with E-state index in [4.69, 9.17) is 0 Å². The van der Waals surface area contributed by atoms with Crippen LogP contribution in [0, 0.1) is 0 Å². The summed E-state index contributed by atoms with van der Waals surface area (Å²) >= 11 is 0. The Morgan fingerprint density at radius 2 is 1.90 bits per heavy atom. The van der Waals surface area contributed by atoms with Crippen molar-refractivity contribution in [3.63, 3.8) is 0 Å². The van der Waals surface area contributed by atoms with Gasteiger partial charge in [0.1, 0.15) is 0 Å². The molecule has 1 aliphatic rings. The molecule has 6 heteroatoms. The number of benzene rings is 1. The van der Waals surface area contributed by atoms with Crippen molar-refractivity contribution < 1.29 is 13.2 Å². The van der Waals surface area contributed by atoms with Crippen LogP contribution in [0.2, 0.25) is 0 Å². The van der Waals surface area contributed by atoms with Crippen molar-refractivity contribution in [2.45, 2.75) is 50.5 Å². The molecule has 0 unspecified atom stereocenters. The highest BCUT2D eigenvalue weighted by Crippen LogP contribution is 2.25. The smallest absolute Gasteiger partial charge is 0.241 e. The number of hydrogen-bond donors (Lipinski definition) is 2. The molecule has 0 aromatic heterocycles. The normalized spacial score (nSPS) is 16.2. The molecule has 110 valence electrons. The van der Waals surface area contributed by atoms with Gasteiger partial charge in [-0.2, -0.15) is 0 Å². The van der Waals surface area contributed by atoms with Crippen LogP contribution in [0.1, 0.15) is 39.2 Å². The van der Waals surface area contributed by atoms with Crippen molar-refractivity contribution in [2.75, 3.05) is 5.32 Å². The lowest BCUT2D eigenvalue weighted by molar-refractivity contribution is -0.116. The van der Waals surface area contributed by atoms with Crippen molar-refractivity contribution in [3.8, 4) is 0 Å². The van der Waals surface area contributed by atoms with E-state index in [2.05, 4.69) is 10.0 Å². The summed E-state index contributed by atoms with van der Waals surface area (Å²) in [7, 11) is -3.54. The predicted molar refractivity (Wildman–Crippen MR) is 78.1 cm³/mol. The highest BCUT2D eigenvalue weighted by molar-refractivity contribution is 7.89. The molecule has 0 aliphatic carbocycles. The third-order valence-corrected chi connectivity index (χ3v) is 4.71. The average Bonchev–Trinajstić information content (AvgIpc) is 2.45. The number of carbonyl (C=O) groups is 1. The van der Waals surface area contributed by atoms with E-state index in [0.29, 0.717) is 18.5 Å². The number of sulfonamides is 1. The number of carbonyl (C=O) groups excluding carboxylic acids is 1. The lowest BCUT2D eigenvalue weighted by Crippen LogP contribution is -2.40. The number of nitrogens with one attached hydrogen (secondary N) is 2. The Morgan fingerprint density at radius 1 is 1.20 bits per heavy atom. The highest BCUT2D eigenvalue weighted by Gasteiger charge is 2.23. The fourth-order valence-corrected chi connectivity index (χ4v) is 3.65. The van der Waals surface area contributed by atoms with Crippen LogP contribution < -0.4 is 10.0 Å². The Hall–Kier alpha value is -1.40. The Balaban J connectivity index is 2.36. The maximum absolute atomic E-state index is 12.3. The summed E-state index contributed by atoms with van der Waals surface area (Å²) < 4.78 is 27.2. The van der Waals surface area contributed by atoms with E-state index in [9.17, 15) is 13.2 Å². The molecule has 1 amide bonds. The fraction of sp³-hybridized carbons (Fsp3) is 0.500. The van der Waals surface area contributed by atoms with Gasteiger partial charge >= 0.3 is 0 Å². The molecule has 0 saturated heterocycles. The Morgan fingerprint density at radius 3 is 2.55 bits per heavy atom. The van der Waals surface area contributed by atoms with Crippen molar-refractivity contribution >= 4 is 21.6 Å². The molecule has 2 rings (SSSR count). The first-order valence-electron chi connectivity index (χ1n) is 6.64. The van der Waals surface area contributed by atoms with Gasteiger partial charge in [0.25, 0.3) is 0 Å². The van der Waals surface area contributed by atoms with Crippen LogP contribution >= 0.6 is 0 Å². The second kappa shape index (κ2) is 5.18. The van der Waals surface area contributed by atoms with E-state index in [0.717, 1.165) is 12.0 Å². The Bertz CT molecular complexity index is 630. The van der Waals surface area contributed by atoms with Crippen LogP contribution in [-0.4, -0.2) is 19.9 Å². The zero-order valence-corrected chi connectivity index (χ0v) is 12.8. The largest absolute Gasteiger partial charge is 0.326 e. The summed E-state index contributed by atoms with van der Waals surface area (Å²) in [6, 6.07) is 4.84. The summed E-state index contributed by atoms with van der Waals surface area (Å²) in [6.07, 6.45) is 1.90. The molecule has 1 heterocycles. The number of anilines is 1. The SMILES string of the molecule is CC(C)(C)NS(=O)(=O)c1ccc2c(c1)CCCC(=O)N2. The lowest BCUT2D eigenvalue weighted by Gasteiger charge is -2.21. The third kappa shape index (κ3) is 3.58. The molecule has 1 aromatic rings. The van der Waals surface area contributed by atoms with Gasteiger partial charge in [-0.15, -0.1) is 0 Å². The number of hydrogen-bond acceptors (Lipinski definition) is 3. The fourth-order valence-electron chi connectivity index (χ4n) is 2.18. The van der Waals surface area contributed by atoms with Crippen molar-refractivity contribution in [1.29, 1.82) is 0 Å². The van der Waals surface area contributed by atoms with Crippen molar-refractivity contribution in [3.05, 3.63) is 23.8 Å². The lowest BCUT2D eigenvalue weighted by atomic mass is 10.1. The van der Waals surface area contributed by atoms with Crippen molar-refractivity contribution in [1.82, 2.24) is 4.72 Å². The summed E-state index contributed by atoms with van der Waals surface area (Å²) in [5.41, 5.74) is 1.05. The maximum atomic E-state index is 12.3. The average molecular weight is 296 g/mol. The molecule has 1 aromatic carbocycles. The molecule has 0 fully saturated rings. The van der Waals surface area contributed by atoms with Gasteiger partial charge in [-0.25, -0.2) is 13.1 Å². The zero-order valence-electron chi connectivity index (χ0n) is 12.0. The first-order valence-corrected chi connectivity index (χ1v) is 8.12. The van der Waals surface area contributed by atoms with Gasteiger partial charge in [0.2, 0.25) is 15.9 Å². The van der Waals surface area contributed by atoms with Gasteiger partial charge in [0.05, 0.1) is 4.90 Å². The topological polar surface area (TPSA) is 75.3 Å². The minimum atomic E-state index is -3.54. The summed E-state index contributed by atoms with van der Waals surface area (Å²) in [5.74, 6) is -0.0211. The Labute approximate surface area is 119 Å². The molecular formula is C14H20N2O3S. The van der Waals surface area contributed by atoms with Gasteiger partial charge in [-0.05, 0) is 57.4 Å². The minimum Gasteiger partial charge on any atom is -0.326 e. The van der Waals surface area contributed by atoms with Crippen LogP contribution in [0.3, 0.4) is 0 Å². The molecule has 0 saturated carbocycles. The van der Waals surface area contributed by atoms with Gasteiger partial charge in [0.15, 0.2) is 0 Å². The van der Waals surface area contributed by atoms with E-state index in [1.165, 1.54) is 6.07 Å². The molecule has 2 N–H and O–H groups in total. The monoisotopic (exact) mass is 296 g/mol. The number of rotatable bonds is 2. The first kappa shape index (κ1) is 15.0. The molecule has 0 atom stereocenters. The number of amides is 1.